The van der Waals surface area contributed by atoms with Crippen LogP contribution in [0.25, 0.3) is 21.3 Å². The van der Waals surface area contributed by atoms with Gasteiger partial charge in [-0.2, -0.15) is 5.10 Å². The second-order valence-electron chi connectivity index (χ2n) is 16.3. The molecule has 14 heteroatoms. The number of aromatic nitrogens is 6. The molecule has 1 aliphatic heterocycles. The maximum Gasteiger partial charge on any atom is 0.355 e. The molecule has 5 heterocycles. The average molecular weight is 764 g/mol. The molecule has 5 aliphatic rings. The Labute approximate surface area is 324 Å². The summed E-state index contributed by atoms with van der Waals surface area (Å²) in [6.45, 7) is 8.04. The number of hydrogen-bond acceptors (Lipinski definition) is 12. The SMILES string of the molecule is Cc1c(Nc2nc3ccccc3s2)nnc2c1CCCN2c1ccc(-c2cnn(CC34CC5CC(C3)CC(OCCNCCCO)(C5)C4)c2C)c(C(=O)O)n1. The number of nitrogens with zero attached hydrogens (tertiary/aromatic N) is 7. The minimum absolute atomic E-state index is 0.000771. The van der Waals surface area contributed by atoms with Crippen molar-refractivity contribution in [3.8, 4) is 11.1 Å². The lowest BCUT2D eigenvalue weighted by Gasteiger charge is -2.61. The van der Waals surface area contributed by atoms with Crippen molar-refractivity contribution in [2.24, 2.45) is 17.3 Å². The van der Waals surface area contributed by atoms with Gasteiger partial charge in [-0.1, -0.05) is 23.5 Å². The zero-order chi connectivity index (χ0) is 37.7. The standard InChI is InChI=1S/C41H49N9O4S/c1-25-29-7-5-14-49(37(29)48-47-36(25)46-39-44-32-8-3-4-9-33(32)55-39)34-11-10-30(35(45-34)38(52)53)31-22-43-50(26(31)2)24-40-18-27-17-28(19-40)21-41(20-27,23-40)54-16-13-42-12-6-15-51/h3-4,8-11,22,27-28,42,51H,5-7,12-21,23-24H2,1-2H3,(H,52,53)(H,44,46,47). The molecule has 4 N–H and O–H groups in total. The van der Waals surface area contributed by atoms with Crippen LogP contribution in [0.2, 0.25) is 0 Å². The van der Waals surface area contributed by atoms with E-state index in [1.54, 1.807) is 11.3 Å². The minimum atomic E-state index is -1.08. The number of nitrogens with one attached hydrogen (secondary N) is 2. The summed E-state index contributed by atoms with van der Waals surface area (Å²) in [5.41, 5.74) is 5.35. The van der Waals surface area contributed by atoms with Crippen molar-refractivity contribution in [3.05, 3.63) is 65.1 Å². The third-order valence-electron chi connectivity index (χ3n) is 12.5. The predicted octanol–water partition coefficient (Wildman–Crippen LogP) is 6.82. The Morgan fingerprint density at radius 1 is 1.04 bits per heavy atom. The number of carboxylic acids is 1. The molecule has 4 aromatic heterocycles. The van der Waals surface area contributed by atoms with Gasteiger partial charge in [0.25, 0.3) is 0 Å². The molecule has 4 saturated carbocycles. The number of pyridine rings is 1. The van der Waals surface area contributed by atoms with E-state index in [9.17, 15) is 9.90 Å². The molecule has 13 nitrogen and oxygen atoms in total. The maximum atomic E-state index is 12.8. The third-order valence-corrected chi connectivity index (χ3v) is 13.4. The first-order valence-electron chi connectivity index (χ1n) is 19.7. The normalized spacial score (nSPS) is 24.1. The molecule has 0 saturated heterocycles. The smallest absolute Gasteiger partial charge is 0.355 e. The molecule has 2 unspecified atom stereocenters. The van der Waals surface area contributed by atoms with Gasteiger partial charge < -0.3 is 30.5 Å². The monoisotopic (exact) mass is 763 g/mol. The lowest BCUT2D eigenvalue weighted by Crippen LogP contribution is -2.58. The predicted molar refractivity (Wildman–Crippen MR) is 213 cm³/mol. The van der Waals surface area contributed by atoms with Crippen LogP contribution in [0.5, 0.6) is 0 Å². The molecule has 0 radical (unpaired) electrons. The van der Waals surface area contributed by atoms with Crippen LogP contribution in [0.3, 0.4) is 0 Å². The lowest BCUT2D eigenvalue weighted by molar-refractivity contribution is -0.196. The molecule has 1 aromatic carbocycles. The molecule has 0 amide bonds. The Balaban J connectivity index is 0.942. The highest BCUT2D eigenvalue weighted by molar-refractivity contribution is 7.22. The number of carbonyl (C=O) groups is 1. The summed E-state index contributed by atoms with van der Waals surface area (Å²) in [6, 6.07) is 11.8. The summed E-state index contributed by atoms with van der Waals surface area (Å²) in [7, 11) is 0. The highest BCUT2D eigenvalue weighted by Gasteiger charge is 2.58. The number of aliphatic hydroxyl groups is 1. The molecule has 4 bridgehead atoms. The number of aliphatic hydroxyl groups excluding tert-OH is 1. The Bertz CT molecular complexity index is 2190. The van der Waals surface area contributed by atoms with Crippen molar-refractivity contribution >= 4 is 50.1 Å². The van der Waals surface area contributed by atoms with Gasteiger partial charge in [-0.15, -0.1) is 10.2 Å². The second kappa shape index (κ2) is 14.5. The molecule has 4 fully saturated rings. The minimum Gasteiger partial charge on any atom is -0.476 e. The van der Waals surface area contributed by atoms with Crippen molar-refractivity contribution in [2.45, 2.75) is 83.8 Å². The number of ether oxygens (including phenoxy) is 1. The average Bonchev–Trinajstić information content (AvgIpc) is 3.75. The van der Waals surface area contributed by atoms with Crippen LogP contribution in [-0.4, -0.2) is 84.6 Å². The summed E-state index contributed by atoms with van der Waals surface area (Å²) in [6.07, 6.45) is 11.3. The van der Waals surface area contributed by atoms with E-state index in [4.69, 9.17) is 24.9 Å². The summed E-state index contributed by atoms with van der Waals surface area (Å²) >= 11 is 1.58. The van der Waals surface area contributed by atoms with Gasteiger partial charge in [0.1, 0.15) is 5.82 Å². The topological polar surface area (TPSA) is 163 Å². The van der Waals surface area contributed by atoms with E-state index >= 15 is 0 Å². The van der Waals surface area contributed by atoms with Gasteiger partial charge in [0.2, 0.25) is 0 Å². The van der Waals surface area contributed by atoms with Crippen molar-refractivity contribution < 1.29 is 19.7 Å². The number of thiazole rings is 1. The van der Waals surface area contributed by atoms with E-state index in [0.717, 1.165) is 95.9 Å². The molecule has 55 heavy (non-hydrogen) atoms. The Kier molecular flexibility index (Phi) is 9.56. The molecular formula is C41H49N9O4S. The first-order valence-corrected chi connectivity index (χ1v) is 20.5. The number of rotatable bonds is 14. The lowest BCUT2D eigenvalue weighted by atomic mass is 9.48. The van der Waals surface area contributed by atoms with Crippen LogP contribution in [0, 0.1) is 31.1 Å². The van der Waals surface area contributed by atoms with Gasteiger partial charge >= 0.3 is 5.97 Å². The molecule has 288 valence electrons. The zero-order valence-corrected chi connectivity index (χ0v) is 32.4. The second-order valence-corrected chi connectivity index (χ2v) is 17.4. The van der Waals surface area contributed by atoms with E-state index < -0.39 is 5.97 Å². The van der Waals surface area contributed by atoms with Crippen molar-refractivity contribution in [1.29, 1.82) is 0 Å². The third kappa shape index (κ3) is 6.87. The molecule has 0 spiro atoms. The van der Waals surface area contributed by atoms with Crippen LogP contribution in [-0.2, 0) is 17.7 Å². The Morgan fingerprint density at radius 3 is 2.67 bits per heavy atom. The summed E-state index contributed by atoms with van der Waals surface area (Å²) < 4.78 is 9.92. The molecular weight excluding hydrogens is 715 g/mol. The molecule has 10 rings (SSSR count). The summed E-state index contributed by atoms with van der Waals surface area (Å²) in [4.78, 5) is 24.3. The van der Waals surface area contributed by atoms with Crippen LogP contribution >= 0.6 is 11.3 Å². The highest BCUT2D eigenvalue weighted by Crippen LogP contribution is 2.63. The number of benzene rings is 1. The van der Waals surface area contributed by atoms with Gasteiger partial charge in [0.05, 0.1) is 28.6 Å². The molecule has 4 aliphatic carbocycles. The first-order chi connectivity index (χ1) is 26.7. The fraction of sp³-hybridized carbons (Fsp3) is 0.512. The van der Waals surface area contributed by atoms with Crippen molar-refractivity contribution in [3.63, 3.8) is 0 Å². The fourth-order valence-corrected chi connectivity index (χ4v) is 11.4. The molecule has 5 aromatic rings. The van der Waals surface area contributed by atoms with Gasteiger partial charge in [-0.3, -0.25) is 4.68 Å². The quantitative estimate of drug-likeness (QED) is 0.0875. The largest absolute Gasteiger partial charge is 0.476 e. The van der Waals surface area contributed by atoms with Crippen LogP contribution in [0.4, 0.5) is 22.6 Å². The van der Waals surface area contributed by atoms with Crippen LogP contribution in [0.1, 0.15) is 78.7 Å². The number of anilines is 4. The van der Waals surface area contributed by atoms with E-state index in [1.165, 1.54) is 19.3 Å². The van der Waals surface area contributed by atoms with E-state index in [0.29, 0.717) is 48.0 Å². The number of para-hydroxylation sites is 1. The zero-order valence-electron chi connectivity index (χ0n) is 31.6. The van der Waals surface area contributed by atoms with Crippen LogP contribution < -0.4 is 15.5 Å². The summed E-state index contributed by atoms with van der Waals surface area (Å²) in [5.74, 6) is 2.17. The number of hydrogen-bond donors (Lipinski definition) is 4. The number of fused-ring (bicyclic) bond motifs is 2. The van der Waals surface area contributed by atoms with Crippen molar-refractivity contribution in [1.82, 2.24) is 35.3 Å². The van der Waals surface area contributed by atoms with Crippen LogP contribution in [0.15, 0.2) is 42.6 Å². The van der Waals surface area contributed by atoms with E-state index in [-0.39, 0.29) is 23.3 Å². The number of carboxylic acid groups (broad SMARTS) is 1. The van der Waals surface area contributed by atoms with E-state index in [2.05, 4.69) is 31.6 Å². The number of aromatic carboxylic acids is 1. The maximum absolute atomic E-state index is 12.8. The highest BCUT2D eigenvalue weighted by atomic mass is 32.1. The summed E-state index contributed by atoms with van der Waals surface area (Å²) in [5, 5.41) is 41.2. The van der Waals surface area contributed by atoms with Gasteiger partial charge in [0.15, 0.2) is 22.5 Å². The first kappa shape index (κ1) is 36.2. The molecule has 2 atom stereocenters. The van der Waals surface area contributed by atoms with Gasteiger partial charge in [-0.05, 0) is 120 Å². The van der Waals surface area contributed by atoms with E-state index in [1.807, 2.05) is 55.3 Å². The van der Waals surface area contributed by atoms with Gasteiger partial charge in [0, 0.05) is 54.2 Å². The fourth-order valence-electron chi connectivity index (χ4n) is 10.5. The Morgan fingerprint density at radius 2 is 1.87 bits per heavy atom. The van der Waals surface area contributed by atoms with Crippen molar-refractivity contribution in [2.75, 3.05) is 43.1 Å². The Hall–Kier alpha value is -4.50. The van der Waals surface area contributed by atoms with Gasteiger partial charge in [-0.25, -0.2) is 14.8 Å².